The highest BCUT2D eigenvalue weighted by atomic mass is 32.2. The van der Waals surface area contributed by atoms with Gasteiger partial charge in [0.05, 0.1) is 24.7 Å². The number of amides is 1. The molecule has 1 aromatic carbocycles. The highest BCUT2D eigenvalue weighted by Crippen LogP contribution is 2.19. The van der Waals surface area contributed by atoms with Crippen molar-refractivity contribution in [3.05, 3.63) is 40.9 Å². The van der Waals surface area contributed by atoms with E-state index in [0.29, 0.717) is 30.3 Å². The number of benzene rings is 1. The van der Waals surface area contributed by atoms with Gasteiger partial charge in [0.2, 0.25) is 10.0 Å². The molecular formula is C19H24N4O6S2. The van der Waals surface area contributed by atoms with E-state index in [-0.39, 0.29) is 29.9 Å². The minimum absolute atomic E-state index is 0.00702. The molecule has 12 heteroatoms. The Morgan fingerprint density at radius 3 is 2.74 bits per heavy atom. The minimum Gasteiger partial charge on any atom is -0.395 e. The highest BCUT2D eigenvalue weighted by Gasteiger charge is 2.23. The van der Waals surface area contributed by atoms with Gasteiger partial charge in [-0.25, -0.2) is 13.4 Å². The van der Waals surface area contributed by atoms with Gasteiger partial charge in [0.25, 0.3) is 5.91 Å². The number of rotatable bonds is 9. The number of thiazole rings is 1. The summed E-state index contributed by atoms with van der Waals surface area (Å²) in [5, 5.41) is 16.2. The van der Waals surface area contributed by atoms with Gasteiger partial charge in [-0.3, -0.25) is 10.1 Å². The van der Waals surface area contributed by atoms with Crippen LogP contribution >= 0.6 is 11.3 Å². The molecule has 2 aromatic rings. The molecule has 31 heavy (non-hydrogen) atoms. The average Bonchev–Trinajstić information content (AvgIpc) is 3.40. The first-order valence-electron chi connectivity index (χ1n) is 9.54. The maximum atomic E-state index is 12.9. The quantitative estimate of drug-likeness (QED) is 0.418. The molecule has 10 nitrogen and oxygen atoms in total. The fourth-order valence-electron chi connectivity index (χ4n) is 2.74. The first-order chi connectivity index (χ1) is 14.8. The van der Waals surface area contributed by atoms with Crippen molar-refractivity contribution in [1.29, 1.82) is 0 Å². The number of aryl methyl sites for hydroxylation is 1. The van der Waals surface area contributed by atoms with Crippen LogP contribution in [0.2, 0.25) is 0 Å². The second-order valence-corrected chi connectivity index (χ2v) is 10.1. The summed E-state index contributed by atoms with van der Waals surface area (Å²) in [6.45, 7) is 2.51. The molecule has 0 saturated carbocycles. The molecule has 1 saturated heterocycles. The average molecular weight is 469 g/mol. The number of ether oxygens (including phenoxy) is 1. The minimum atomic E-state index is -3.76. The lowest BCUT2D eigenvalue weighted by molar-refractivity contribution is -0.110. The molecule has 1 fully saturated rings. The van der Waals surface area contributed by atoms with Crippen molar-refractivity contribution in [2.45, 2.75) is 24.3 Å². The Morgan fingerprint density at radius 2 is 2.16 bits per heavy atom. The van der Waals surface area contributed by atoms with Crippen LogP contribution in [0, 0.1) is 6.92 Å². The molecular weight excluding hydrogens is 444 g/mol. The maximum Gasteiger partial charge on any atom is 0.280 e. The number of carbonyl (C=O) groups excluding carboxylic acids is 1. The third-order valence-corrected chi connectivity index (χ3v) is 7.19. The lowest BCUT2D eigenvalue weighted by atomic mass is 10.1. The van der Waals surface area contributed by atoms with Crippen LogP contribution in [-0.4, -0.2) is 73.9 Å². The molecule has 1 amide bonds. The number of sulfonamides is 1. The Balaban J connectivity index is 1.85. The Morgan fingerprint density at radius 1 is 1.42 bits per heavy atom. The van der Waals surface area contributed by atoms with Gasteiger partial charge in [-0.15, -0.1) is 11.3 Å². The van der Waals surface area contributed by atoms with E-state index >= 15 is 0 Å². The van der Waals surface area contributed by atoms with Crippen LogP contribution in [0.15, 0.2) is 40.5 Å². The molecule has 168 valence electrons. The number of aliphatic hydroxyl groups is 1. The zero-order chi connectivity index (χ0) is 22.4. The van der Waals surface area contributed by atoms with Gasteiger partial charge in [-0.2, -0.15) is 4.31 Å². The largest absolute Gasteiger partial charge is 0.395 e. The zero-order valence-corrected chi connectivity index (χ0v) is 18.8. The molecule has 1 aliphatic rings. The lowest BCUT2D eigenvalue weighted by Gasteiger charge is -2.16. The molecule has 0 spiro atoms. The molecule has 1 aliphatic heterocycles. The molecule has 1 aromatic heterocycles. The van der Waals surface area contributed by atoms with Crippen LogP contribution < -0.4 is 5.32 Å². The maximum absolute atomic E-state index is 12.9. The number of aromatic nitrogens is 1. The van der Waals surface area contributed by atoms with Gasteiger partial charge < -0.3 is 14.7 Å². The third kappa shape index (κ3) is 5.86. The van der Waals surface area contributed by atoms with Gasteiger partial charge in [0.1, 0.15) is 0 Å². The second-order valence-electron chi connectivity index (χ2n) is 6.84. The number of anilines is 1. The van der Waals surface area contributed by atoms with Crippen LogP contribution in [0.1, 0.15) is 16.9 Å². The zero-order valence-electron chi connectivity index (χ0n) is 17.1. The van der Waals surface area contributed by atoms with Crippen LogP contribution in [0.3, 0.4) is 0 Å². The van der Waals surface area contributed by atoms with Crippen molar-refractivity contribution in [1.82, 2.24) is 9.29 Å². The van der Waals surface area contributed by atoms with Crippen LogP contribution in [0.4, 0.5) is 5.13 Å². The van der Waals surface area contributed by atoms with Crippen LogP contribution in [0.5, 0.6) is 0 Å². The standard InChI is InChI=1S/C19H24N4O6S2/c1-13-11-20-19(30-13)21-18(25)17(22-29-15-7-10-28-12-15)14-3-5-16(6-4-14)31(26,27)23(2)8-9-24/h3-6,11,15,24H,7-10,12H2,1-2H3,(H,20,21,25)/t15-/m1/s1. The number of hydrogen-bond donors (Lipinski definition) is 2. The van der Waals surface area contributed by atoms with Crippen LogP contribution in [0.25, 0.3) is 0 Å². The summed E-state index contributed by atoms with van der Waals surface area (Å²) in [7, 11) is -2.38. The summed E-state index contributed by atoms with van der Waals surface area (Å²) in [5.74, 6) is -0.527. The predicted octanol–water partition coefficient (Wildman–Crippen LogP) is 1.21. The third-order valence-electron chi connectivity index (χ3n) is 4.49. The van der Waals surface area contributed by atoms with E-state index in [9.17, 15) is 13.2 Å². The van der Waals surface area contributed by atoms with E-state index in [2.05, 4.69) is 15.5 Å². The first kappa shape index (κ1) is 23.3. The number of likely N-dealkylation sites (N-methyl/N-ethyl adjacent to an activating group) is 1. The lowest BCUT2D eigenvalue weighted by Crippen LogP contribution is -2.29. The Kier molecular flexibility index (Phi) is 7.73. The SMILES string of the molecule is Cc1cnc(NC(=O)C(=NO[C@@H]2CCOC2)c2ccc(S(=O)(=O)N(C)CCO)cc2)s1. The number of nitrogens with zero attached hydrogens (tertiary/aromatic N) is 3. The van der Waals surface area contributed by atoms with Crippen LogP contribution in [-0.2, 0) is 24.4 Å². The van der Waals surface area contributed by atoms with Crippen molar-refractivity contribution in [3.8, 4) is 0 Å². The summed E-state index contributed by atoms with van der Waals surface area (Å²) < 4.78 is 31.4. The number of carbonyl (C=O) groups is 1. The van der Waals surface area contributed by atoms with Crippen molar-refractivity contribution in [2.24, 2.45) is 5.16 Å². The van der Waals surface area contributed by atoms with Crippen molar-refractivity contribution < 1.29 is 27.9 Å². The van der Waals surface area contributed by atoms with Gasteiger partial charge in [-0.1, -0.05) is 17.3 Å². The smallest absolute Gasteiger partial charge is 0.280 e. The van der Waals surface area contributed by atoms with E-state index in [4.69, 9.17) is 14.7 Å². The van der Waals surface area contributed by atoms with E-state index in [0.717, 1.165) is 9.18 Å². The molecule has 0 radical (unpaired) electrons. The summed E-state index contributed by atoms with van der Waals surface area (Å²) in [4.78, 5) is 23.4. The molecule has 2 heterocycles. The van der Waals surface area contributed by atoms with Crippen molar-refractivity contribution >= 4 is 38.1 Å². The molecule has 2 N–H and O–H groups in total. The predicted molar refractivity (Wildman–Crippen MR) is 116 cm³/mol. The summed E-state index contributed by atoms with van der Waals surface area (Å²) >= 11 is 1.32. The van der Waals surface area contributed by atoms with E-state index in [1.54, 1.807) is 6.20 Å². The normalized spacial score (nSPS) is 17.2. The fraction of sp³-hybridized carbons (Fsp3) is 0.421. The second kappa shape index (κ2) is 10.3. The highest BCUT2D eigenvalue weighted by molar-refractivity contribution is 7.89. The molecule has 1 atom stereocenters. The molecule has 3 rings (SSSR count). The Bertz CT molecular complexity index is 1030. The van der Waals surface area contributed by atoms with E-state index in [1.807, 2.05) is 6.92 Å². The van der Waals surface area contributed by atoms with Gasteiger partial charge in [0.15, 0.2) is 16.9 Å². The van der Waals surface area contributed by atoms with Crippen molar-refractivity contribution in [2.75, 3.05) is 38.7 Å². The van der Waals surface area contributed by atoms with Gasteiger partial charge in [0, 0.05) is 36.7 Å². The summed E-state index contributed by atoms with van der Waals surface area (Å²) in [6, 6.07) is 5.74. The number of oxime groups is 1. The number of hydrogen-bond acceptors (Lipinski definition) is 9. The number of aliphatic hydroxyl groups excluding tert-OH is 1. The summed E-state index contributed by atoms with van der Waals surface area (Å²) in [5.41, 5.74) is 0.376. The topological polar surface area (TPSA) is 130 Å². The Labute approximate surface area is 184 Å². The first-order valence-corrected chi connectivity index (χ1v) is 11.8. The number of nitrogens with one attached hydrogen (secondary N) is 1. The van der Waals surface area contributed by atoms with Gasteiger partial charge >= 0.3 is 0 Å². The van der Waals surface area contributed by atoms with Crippen molar-refractivity contribution in [3.63, 3.8) is 0 Å². The monoisotopic (exact) mass is 468 g/mol. The molecule has 0 bridgehead atoms. The van der Waals surface area contributed by atoms with Gasteiger partial charge in [-0.05, 0) is 19.1 Å². The molecule has 0 unspecified atom stereocenters. The van der Waals surface area contributed by atoms with E-state index in [1.165, 1.54) is 42.6 Å². The Hall–Kier alpha value is -2.38. The van der Waals surface area contributed by atoms with E-state index < -0.39 is 15.9 Å². The molecule has 0 aliphatic carbocycles. The summed E-state index contributed by atoms with van der Waals surface area (Å²) in [6.07, 6.45) is 2.06. The fourth-order valence-corrected chi connectivity index (χ4v) is 4.56.